The van der Waals surface area contributed by atoms with Gasteiger partial charge in [0.25, 0.3) is 0 Å². The molecule has 28 heavy (non-hydrogen) atoms. The Hall–Kier alpha value is -1.67. The number of hydrogen-bond donors (Lipinski definition) is 1. The molecule has 1 aliphatic rings. The van der Waals surface area contributed by atoms with E-state index in [1.165, 1.54) is 11.1 Å². The van der Waals surface area contributed by atoms with Gasteiger partial charge in [0, 0.05) is 37.3 Å². The fraction of sp³-hybridized carbons (Fsp3) is 0.318. The zero-order valence-electron chi connectivity index (χ0n) is 16.2. The maximum absolute atomic E-state index is 12.3. The Morgan fingerprint density at radius 1 is 1.07 bits per heavy atom. The molecular formula is C22H28IN3OS. The number of aliphatic imine (C=N–C) groups is 1. The molecule has 1 saturated heterocycles. The molecule has 0 spiro atoms. The van der Waals surface area contributed by atoms with Crippen LogP contribution in [0.1, 0.15) is 18.4 Å². The lowest BCUT2D eigenvalue weighted by Gasteiger charge is -2.31. The standard InChI is InChI=1S/C22H27N3OS.HI/c1-23-22(24-14-17-27(26)21-10-6-3-7-11-21)25-15-12-20(13-16-25)18-19-8-4-2-5-9-19;/h2-11,18H,12-17H2,1H3,(H,23,24);1H. The van der Waals surface area contributed by atoms with E-state index in [0.29, 0.717) is 12.3 Å². The molecule has 0 amide bonds. The SMILES string of the molecule is CN=C(NCCS(=O)c1ccccc1)N1CCC(=Cc2ccccc2)CC1.I. The van der Waals surface area contributed by atoms with Gasteiger partial charge in [-0.1, -0.05) is 60.2 Å². The second-order valence-corrected chi connectivity index (χ2v) is 8.11. The van der Waals surface area contributed by atoms with Gasteiger partial charge >= 0.3 is 0 Å². The minimum absolute atomic E-state index is 0. The van der Waals surface area contributed by atoms with E-state index in [9.17, 15) is 4.21 Å². The number of hydrogen-bond acceptors (Lipinski definition) is 2. The Kier molecular flexibility index (Phi) is 9.70. The van der Waals surface area contributed by atoms with Crippen molar-refractivity contribution in [3.63, 3.8) is 0 Å². The normalized spacial score (nSPS) is 15.5. The predicted octanol–water partition coefficient (Wildman–Crippen LogP) is 4.17. The van der Waals surface area contributed by atoms with Gasteiger partial charge in [0.15, 0.2) is 5.96 Å². The molecule has 1 fully saturated rings. The second kappa shape index (κ2) is 12.0. The fourth-order valence-electron chi connectivity index (χ4n) is 3.21. The highest BCUT2D eigenvalue weighted by Crippen LogP contribution is 2.19. The van der Waals surface area contributed by atoms with Crippen molar-refractivity contribution >= 4 is 46.8 Å². The average molecular weight is 509 g/mol. The zero-order valence-corrected chi connectivity index (χ0v) is 19.4. The van der Waals surface area contributed by atoms with Crippen LogP contribution in [0.4, 0.5) is 0 Å². The van der Waals surface area contributed by atoms with E-state index in [1.807, 2.05) is 43.4 Å². The Morgan fingerprint density at radius 2 is 1.68 bits per heavy atom. The highest BCUT2D eigenvalue weighted by atomic mass is 127. The first-order chi connectivity index (χ1) is 13.3. The zero-order chi connectivity index (χ0) is 18.9. The van der Waals surface area contributed by atoms with Gasteiger partial charge in [-0.15, -0.1) is 24.0 Å². The molecule has 4 nitrogen and oxygen atoms in total. The summed E-state index contributed by atoms with van der Waals surface area (Å²) in [5.41, 5.74) is 2.75. The number of rotatable bonds is 5. The lowest BCUT2D eigenvalue weighted by Crippen LogP contribution is -2.45. The summed E-state index contributed by atoms with van der Waals surface area (Å²) in [6.45, 7) is 2.57. The number of nitrogens with zero attached hydrogens (tertiary/aromatic N) is 2. The number of piperidine rings is 1. The number of likely N-dealkylation sites (tertiary alicyclic amines) is 1. The van der Waals surface area contributed by atoms with Crippen molar-refractivity contribution in [3.05, 3.63) is 71.8 Å². The summed E-state index contributed by atoms with van der Waals surface area (Å²) in [5.74, 6) is 1.48. The van der Waals surface area contributed by atoms with Crippen LogP contribution in [0.5, 0.6) is 0 Å². The highest BCUT2D eigenvalue weighted by molar-refractivity contribution is 14.0. The maximum atomic E-state index is 12.3. The smallest absolute Gasteiger partial charge is 0.193 e. The molecule has 1 aliphatic heterocycles. The summed E-state index contributed by atoms with van der Waals surface area (Å²) < 4.78 is 12.3. The minimum atomic E-state index is -0.980. The Labute approximate surface area is 187 Å². The molecule has 150 valence electrons. The van der Waals surface area contributed by atoms with Crippen LogP contribution >= 0.6 is 24.0 Å². The molecule has 3 rings (SSSR count). The van der Waals surface area contributed by atoms with Crippen LogP contribution in [0.3, 0.4) is 0 Å². The number of nitrogens with one attached hydrogen (secondary N) is 1. The van der Waals surface area contributed by atoms with Crippen molar-refractivity contribution in [2.45, 2.75) is 17.7 Å². The van der Waals surface area contributed by atoms with Gasteiger partial charge in [0.05, 0.1) is 10.8 Å². The molecule has 1 N–H and O–H groups in total. The van der Waals surface area contributed by atoms with E-state index >= 15 is 0 Å². The summed E-state index contributed by atoms with van der Waals surface area (Å²) in [6.07, 6.45) is 4.40. The molecule has 1 heterocycles. The van der Waals surface area contributed by atoms with Crippen molar-refractivity contribution in [1.29, 1.82) is 0 Å². The molecule has 1 atom stereocenters. The first-order valence-electron chi connectivity index (χ1n) is 9.40. The highest BCUT2D eigenvalue weighted by Gasteiger charge is 2.17. The third kappa shape index (κ3) is 6.74. The van der Waals surface area contributed by atoms with Crippen molar-refractivity contribution in [2.75, 3.05) is 32.4 Å². The summed E-state index contributed by atoms with van der Waals surface area (Å²) in [6, 6.07) is 20.1. The van der Waals surface area contributed by atoms with Crippen LogP contribution in [0.25, 0.3) is 6.08 Å². The van der Waals surface area contributed by atoms with Crippen molar-refractivity contribution < 1.29 is 4.21 Å². The third-order valence-corrected chi connectivity index (χ3v) is 6.04. The fourth-order valence-corrected chi connectivity index (χ4v) is 4.20. The van der Waals surface area contributed by atoms with E-state index < -0.39 is 10.8 Å². The van der Waals surface area contributed by atoms with Crippen LogP contribution in [0, 0.1) is 0 Å². The van der Waals surface area contributed by atoms with Crippen molar-refractivity contribution in [2.24, 2.45) is 4.99 Å². The Bertz CT molecular complexity index is 799. The molecule has 1 unspecified atom stereocenters. The van der Waals surface area contributed by atoms with Crippen LogP contribution < -0.4 is 5.32 Å². The molecule has 0 saturated carbocycles. The Morgan fingerprint density at radius 3 is 2.29 bits per heavy atom. The maximum Gasteiger partial charge on any atom is 0.193 e. The Balaban J connectivity index is 0.00000280. The topological polar surface area (TPSA) is 44.7 Å². The molecule has 0 bridgehead atoms. The first kappa shape index (κ1) is 22.6. The van der Waals surface area contributed by atoms with Gasteiger partial charge in [-0.3, -0.25) is 9.20 Å². The molecule has 2 aromatic rings. The summed E-state index contributed by atoms with van der Waals surface area (Å²) in [5, 5.41) is 3.37. The van der Waals surface area contributed by atoms with E-state index in [-0.39, 0.29) is 24.0 Å². The van der Waals surface area contributed by atoms with Gasteiger partial charge in [-0.25, -0.2) is 0 Å². The van der Waals surface area contributed by atoms with Gasteiger partial charge < -0.3 is 10.2 Å². The number of benzene rings is 2. The molecule has 2 aromatic carbocycles. The summed E-state index contributed by atoms with van der Waals surface area (Å²) in [4.78, 5) is 7.57. The molecule has 6 heteroatoms. The average Bonchev–Trinajstić information content (AvgIpc) is 2.73. The third-order valence-electron chi connectivity index (χ3n) is 4.66. The molecule has 0 aliphatic carbocycles. The van der Waals surface area contributed by atoms with E-state index in [0.717, 1.165) is 36.8 Å². The van der Waals surface area contributed by atoms with Crippen molar-refractivity contribution in [1.82, 2.24) is 10.2 Å². The summed E-state index contributed by atoms with van der Waals surface area (Å²) >= 11 is 0. The molecule has 0 aromatic heterocycles. The van der Waals surface area contributed by atoms with Gasteiger partial charge in [0.2, 0.25) is 0 Å². The van der Waals surface area contributed by atoms with Crippen LogP contribution in [-0.2, 0) is 10.8 Å². The lowest BCUT2D eigenvalue weighted by atomic mass is 10.0. The number of guanidine groups is 1. The predicted molar refractivity (Wildman–Crippen MR) is 130 cm³/mol. The first-order valence-corrected chi connectivity index (χ1v) is 10.7. The van der Waals surface area contributed by atoms with E-state index in [4.69, 9.17) is 0 Å². The van der Waals surface area contributed by atoms with Gasteiger partial charge in [0.1, 0.15) is 0 Å². The number of halogens is 1. The molecule has 0 radical (unpaired) electrons. The van der Waals surface area contributed by atoms with Crippen LogP contribution in [0.2, 0.25) is 0 Å². The lowest BCUT2D eigenvalue weighted by molar-refractivity contribution is 0.376. The van der Waals surface area contributed by atoms with Crippen LogP contribution in [0.15, 0.2) is 76.1 Å². The second-order valence-electron chi connectivity index (χ2n) is 6.54. The quantitative estimate of drug-likeness (QED) is 0.374. The monoisotopic (exact) mass is 509 g/mol. The van der Waals surface area contributed by atoms with Crippen molar-refractivity contribution in [3.8, 4) is 0 Å². The van der Waals surface area contributed by atoms with Gasteiger partial charge in [-0.05, 0) is 30.5 Å². The molecular weight excluding hydrogens is 481 g/mol. The largest absolute Gasteiger partial charge is 0.355 e. The van der Waals surface area contributed by atoms with Gasteiger partial charge in [-0.2, -0.15) is 0 Å². The summed E-state index contributed by atoms with van der Waals surface area (Å²) in [7, 11) is 0.831. The minimum Gasteiger partial charge on any atom is -0.355 e. The van der Waals surface area contributed by atoms with E-state index in [2.05, 4.69) is 45.6 Å². The van der Waals surface area contributed by atoms with E-state index in [1.54, 1.807) is 0 Å². The van der Waals surface area contributed by atoms with Crippen LogP contribution in [-0.4, -0.2) is 47.5 Å².